The molecule has 2 heteroatoms. The van der Waals surface area contributed by atoms with Gasteiger partial charge in [0.15, 0.2) is 0 Å². The topological polar surface area (TPSA) is 26.3 Å². The predicted molar refractivity (Wildman–Crippen MR) is 93.4 cm³/mol. The van der Waals surface area contributed by atoms with Gasteiger partial charge in [-0.25, -0.2) is 0 Å². The van der Waals surface area contributed by atoms with Gasteiger partial charge in [-0.1, -0.05) is 68.5 Å². The van der Waals surface area contributed by atoms with Crippen LogP contribution in [0.1, 0.15) is 44.1 Å². The lowest BCUT2D eigenvalue weighted by Crippen LogP contribution is -2.10. The molecule has 0 bridgehead atoms. The summed E-state index contributed by atoms with van der Waals surface area (Å²) < 4.78 is 5.88. The van der Waals surface area contributed by atoms with E-state index in [-0.39, 0.29) is 0 Å². The van der Waals surface area contributed by atoms with Gasteiger partial charge in [-0.05, 0) is 35.6 Å². The SMILES string of the molecule is O=[C]c1ccc(-c2ccc(OCCC3CCCCC3)cc2)cc1. The van der Waals surface area contributed by atoms with Gasteiger partial charge in [0.05, 0.1) is 6.61 Å². The van der Waals surface area contributed by atoms with Crippen LogP contribution in [0.25, 0.3) is 11.1 Å². The molecule has 2 nitrogen and oxygen atoms in total. The second-order valence-electron chi connectivity index (χ2n) is 6.34. The number of benzene rings is 2. The normalized spacial score (nSPS) is 15.3. The van der Waals surface area contributed by atoms with Crippen LogP contribution < -0.4 is 4.74 Å². The molecule has 0 heterocycles. The number of ether oxygens (including phenoxy) is 1. The van der Waals surface area contributed by atoms with Gasteiger partial charge in [0.25, 0.3) is 0 Å². The van der Waals surface area contributed by atoms with Crippen molar-refractivity contribution in [1.29, 1.82) is 0 Å². The van der Waals surface area contributed by atoms with Gasteiger partial charge in [-0.3, -0.25) is 4.79 Å². The molecule has 0 atom stereocenters. The average molecular weight is 307 g/mol. The van der Waals surface area contributed by atoms with Crippen molar-refractivity contribution in [1.82, 2.24) is 0 Å². The average Bonchev–Trinajstić information content (AvgIpc) is 2.63. The summed E-state index contributed by atoms with van der Waals surface area (Å²) in [6.07, 6.45) is 10.00. The van der Waals surface area contributed by atoms with E-state index in [2.05, 4.69) is 12.1 Å². The first-order valence-electron chi connectivity index (χ1n) is 8.56. The molecular weight excluding hydrogens is 284 g/mol. The Hall–Kier alpha value is -2.09. The van der Waals surface area contributed by atoms with Gasteiger partial charge in [0.1, 0.15) is 5.75 Å². The van der Waals surface area contributed by atoms with Gasteiger partial charge >= 0.3 is 0 Å². The van der Waals surface area contributed by atoms with E-state index < -0.39 is 0 Å². The summed E-state index contributed by atoms with van der Waals surface area (Å²) in [5.74, 6) is 1.79. The van der Waals surface area contributed by atoms with Crippen molar-refractivity contribution in [2.75, 3.05) is 6.61 Å². The van der Waals surface area contributed by atoms with Gasteiger partial charge in [-0.15, -0.1) is 0 Å². The Labute approximate surface area is 138 Å². The Balaban J connectivity index is 1.52. The predicted octanol–water partition coefficient (Wildman–Crippen LogP) is 5.16. The second kappa shape index (κ2) is 7.96. The van der Waals surface area contributed by atoms with Crippen molar-refractivity contribution in [3.05, 3.63) is 54.1 Å². The van der Waals surface area contributed by atoms with Crippen LogP contribution in [0.5, 0.6) is 5.75 Å². The Morgan fingerprint density at radius 3 is 2.09 bits per heavy atom. The van der Waals surface area contributed by atoms with Crippen molar-refractivity contribution in [2.24, 2.45) is 5.92 Å². The Morgan fingerprint density at radius 1 is 0.870 bits per heavy atom. The second-order valence-corrected chi connectivity index (χ2v) is 6.34. The summed E-state index contributed by atoms with van der Waals surface area (Å²) in [4.78, 5) is 10.6. The number of hydrogen-bond donors (Lipinski definition) is 0. The first-order chi connectivity index (χ1) is 11.3. The molecule has 2 aromatic rings. The highest BCUT2D eigenvalue weighted by molar-refractivity contribution is 5.77. The maximum Gasteiger partial charge on any atom is 0.233 e. The minimum Gasteiger partial charge on any atom is -0.494 e. The van der Waals surface area contributed by atoms with Crippen molar-refractivity contribution in [3.8, 4) is 16.9 Å². The third-order valence-electron chi connectivity index (χ3n) is 4.71. The third-order valence-corrected chi connectivity index (χ3v) is 4.71. The van der Waals surface area contributed by atoms with E-state index in [1.807, 2.05) is 30.6 Å². The number of rotatable bonds is 6. The van der Waals surface area contributed by atoms with E-state index in [0.717, 1.165) is 29.4 Å². The van der Waals surface area contributed by atoms with Crippen LogP contribution in [-0.2, 0) is 4.79 Å². The van der Waals surface area contributed by atoms with Crippen LogP contribution in [0.2, 0.25) is 0 Å². The molecule has 0 aliphatic heterocycles. The molecule has 0 spiro atoms. The summed E-state index contributed by atoms with van der Waals surface area (Å²) in [6.45, 7) is 0.813. The van der Waals surface area contributed by atoms with Crippen LogP contribution in [0, 0.1) is 5.92 Å². The molecule has 0 unspecified atom stereocenters. The maximum atomic E-state index is 10.6. The van der Waals surface area contributed by atoms with E-state index in [9.17, 15) is 4.79 Å². The van der Waals surface area contributed by atoms with Crippen LogP contribution in [0.4, 0.5) is 0 Å². The van der Waals surface area contributed by atoms with E-state index in [1.54, 1.807) is 12.1 Å². The standard InChI is InChI=1S/C21H23O2/c22-16-18-6-8-19(9-7-18)20-10-12-21(13-11-20)23-15-14-17-4-2-1-3-5-17/h6-13,17H,1-5,14-15H2. The van der Waals surface area contributed by atoms with Gasteiger partial charge < -0.3 is 4.74 Å². The summed E-state index contributed by atoms with van der Waals surface area (Å²) in [5, 5.41) is 0. The molecule has 0 saturated heterocycles. The lowest BCUT2D eigenvalue weighted by atomic mass is 9.87. The van der Waals surface area contributed by atoms with Crippen LogP contribution in [0.15, 0.2) is 48.5 Å². The molecule has 3 rings (SSSR count). The number of hydrogen-bond acceptors (Lipinski definition) is 2. The lowest BCUT2D eigenvalue weighted by Gasteiger charge is -2.21. The van der Waals surface area contributed by atoms with Gasteiger partial charge in [-0.2, -0.15) is 0 Å². The highest BCUT2D eigenvalue weighted by Gasteiger charge is 2.13. The molecule has 1 radical (unpaired) electrons. The smallest absolute Gasteiger partial charge is 0.233 e. The van der Waals surface area contributed by atoms with Gasteiger partial charge in [0.2, 0.25) is 6.29 Å². The zero-order chi connectivity index (χ0) is 15.9. The highest BCUT2D eigenvalue weighted by atomic mass is 16.5. The van der Waals surface area contributed by atoms with E-state index in [1.165, 1.54) is 38.5 Å². The molecule has 1 aliphatic carbocycles. The minimum atomic E-state index is 0.580. The zero-order valence-electron chi connectivity index (χ0n) is 13.5. The van der Waals surface area contributed by atoms with Crippen molar-refractivity contribution in [3.63, 3.8) is 0 Å². The zero-order valence-corrected chi connectivity index (χ0v) is 13.5. The molecule has 2 aromatic carbocycles. The van der Waals surface area contributed by atoms with Crippen molar-refractivity contribution >= 4 is 6.29 Å². The first-order valence-corrected chi connectivity index (χ1v) is 8.56. The molecule has 1 fully saturated rings. The molecule has 1 saturated carbocycles. The first kappa shape index (κ1) is 15.8. The number of carbonyl (C=O) groups excluding carboxylic acids is 1. The Morgan fingerprint density at radius 2 is 1.48 bits per heavy atom. The molecule has 0 N–H and O–H groups in total. The summed E-state index contributed by atoms with van der Waals surface area (Å²) in [5.41, 5.74) is 2.80. The maximum absolute atomic E-state index is 10.6. The van der Waals surface area contributed by atoms with Gasteiger partial charge in [0, 0.05) is 5.56 Å². The lowest BCUT2D eigenvalue weighted by molar-refractivity contribution is 0.246. The molecule has 0 amide bonds. The Bertz CT molecular complexity index is 607. The van der Waals surface area contributed by atoms with Crippen LogP contribution >= 0.6 is 0 Å². The molecular formula is C21H23O2. The molecule has 23 heavy (non-hydrogen) atoms. The molecule has 119 valence electrons. The van der Waals surface area contributed by atoms with E-state index in [4.69, 9.17) is 4.74 Å². The largest absolute Gasteiger partial charge is 0.494 e. The fourth-order valence-corrected chi connectivity index (χ4v) is 3.29. The van der Waals surface area contributed by atoms with Crippen molar-refractivity contribution in [2.45, 2.75) is 38.5 Å². The van der Waals surface area contributed by atoms with E-state index in [0.29, 0.717) is 5.56 Å². The fourth-order valence-electron chi connectivity index (χ4n) is 3.29. The third kappa shape index (κ3) is 4.44. The van der Waals surface area contributed by atoms with Crippen LogP contribution in [0.3, 0.4) is 0 Å². The minimum absolute atomic E-state index is 0.580. The fraction of sp³-hybridized carbons (Fsp3) is 0.381. The Kier molecular flexibility index (Phi) is 5.46. The van der Waals surface area contributed by atoms with Crippen molar-refractivity contribution < 1.29 is 9.53 Å². The molecule has 1 aliphatic rings. The van der Waals surface area contributed by atoms with Crippen LogP contribution in [-0.4, -0.2) is 12.9 Å². The summed E-state index contributed by atoms with van der Waals surface area (Å²) >= 11 is 0. The highest BCUT2D eigenvalue weighted by Crippen LogP contribution is 2.27. The summed E-state index contributed by atoms with van der Waals surface area (Å²) in [6, 6.07) is 15.6. The molecule has 0 aromatic heterocycles. The monoisotopic (exact) mass is 307 g/mol. The summed E-state index contributed by atoms with van der Waals surface area (Å²) in [7, 11) is 0. The quantitative estimate of drug-likeness (QED) is 0.736. The van der Waals surface area contributed by atoms with E-state index >= 15 is 0 Å².